The molecule has 0 spiro atoms. The molecule has 1 heterocycles. The average Bonchev–Trinajstić information content (AvgIpc) is 2.52. The monoisotopic (exact) mass is 295 g/mol. The molecule has 0 aliphatic carbocycles. The molecule has 0 aliphatic heterocycles. The average molecular weight is 295 g/mol. The molecule has 1 rings (SSSR count). The molecule has 0 amide bonds. The Balaban J connectivity index is 2.48. The van der Waals surface area contributed by atoms with Crippen molar-refractivity contribution in [2.24, 2.45) is 0 Å². The molecule has 0 aromatic carbocycles. The number of anilines is 2. The van der Waals surface area contributed by atoms with Crippen LogP contribution in [0, 0.1) is 0 Å². The minimum atomic E-state index is 0.451. The van der Waals surface area contributed by atoms with Gasteiger partial charge in [0.1, 0.15) is 11.5 Å². The third kappa shape index (κ3) is 5.38. The fourth-order valence-corrected chi connectivity index (χ4v) is 2.15. The van der Waals surface area contributed by atoms with Crippen LogP contribution < -0.4 is 15.8 Å². The highest BCUT2D eigenvalue weighted by atomic mass is 16.5. The van der Waals surface area contributed by atoms with Crippen LogP contribution in [0.1, 0.15) is 39.4 Å². The third-order valence-corrected chi connectivity index (χ3v) is 3.55. The molecule has 6 heteroatoms. The van der Waals surface area contributed by atoms with Crippen LogP contribution in [0.4, 0.5) is 11.5 Å². The van der Waals surface area contributed by atoms with Gasteiger partial charge >= 0.3 is 0 Å². The summed E-state index contributed by atoms with van der Waals surface area (Å²) in [6, 6.07) is 0. The first-order valence-corrected chi connectivity index (χ1v) is 7.82. The maximum absolute atomic E-state index is 6.00. The number of hydrogen-bond acceptors (Lipinski definition) is 6. The lowest BCUT2D eigenvalue weighted by molar-refractivity contribution is 0.298. The van der Waals surface area contributed by atoms with Gasteiger partial charge in [0, 0.05) is 13.0 Å². The predicted molar refractivity (Wildman–Crippen MR) is 87.9 cm³/mol. The molecule has 120 valence electrons. The van der Waals surface area contributed by atoms with Crippen molar-refractivity contribution in [1.29, 1.82) is 0 Å². The van der Waals surface area contributed by atoms with Gasteiger partial charge < -0.3 is 20.7 Å². The molecule has 0 radical (unpaired) electrons. The maximum atomic E-state index is 6.00. The second-order valence-electron chi connectivity index (χ2n) is 4.93. The van der Waals surface area contributed by atoms with E-state index >= 15 is 0 Å². The molecule has 21 heavy (non-hydrogen) atoms. The highest BCUT2D eigenvalue weighted by Crippen LogP contribution is 2.25. The highest BCUT2D eigenvalue weighted by molar-refractivity contribution is 5.66. The van der Waals surface area contributed by atoms with Gasteiger partial charge in [-0.25, -0.2) is 4.98 Å². The Bertz CT molecular complexity index is 421. The summed E-state index contributed by atoms with van der Waals surface area (Å²) in [5.41, 5.74) is 6.49. The highest BCUT2D eigenvalue weighted by Gasteiger charge is 2.11. The van der Waals surface area contributed by atoms with E-state index in [0.29, 0.717) is 17.4 Å². The molecular formula is C15H29N5O. The number of nitrogens with one attached hydrogen (secondary N) is 1. The first-order valence-electron chi connectivity index (χ1n) is 7.82. The Morgan fingerprint density at radius 1 is 1.14 bits per heavy atom. The Morgan fingerprint density at radius 3 is 2.43 bits per heavy atom. The van der Waals surface area contributed by atoms with E-state index in [1.54, 1.807) is 7.11 Å². The zero-order valence-electron chi connectivity index (χ0n) is 13.8. The van der Waals surface area contributed by atoms with Crippen LogP contribution >= 0.6 is 0 Å². The summed E-state index contributed by atoms with van der Waals surface area (Å²) >= 11 is 0. The lowest BCUT2D eigenvalue weighted by Gasteiger charge is -2.17. The lowest BCUT2D eigenvalue weighted by atomic mass is 10.3. The molecule has 0 aliphatic rings. The van der Waals surface area contributed by atoms with E-state index in [1.165, 1.54) is 0 Å². The van der Waals surface area contributed by atoms with Crippen molar-refractivity contribution in [2.45, 2.75) is 40.0 Å². The van der Waals surface area contributed by atoms with E-state index < -0.39 is 0 Å². The van der Waals surface area contributed by atoms with Crippen molar-refractivity contribution in [3.63, 3.8) is 0 Å². The van der Waals surface area contributed by atoms with Crippen LogP contribution in [0.3, 0.4) is 0 Å². The van der Waals surface area contributed by atoms with Gasteiger partial charge in [-0.15, -0.1) is 0 Å². The number of aromatic nitrogens is 2. The molecule has 0 saturated heterocycles. The van der Waals surface area contributed by atoms with Gasteiger partial charge in [-0.3, -0.25) is 0 Å². The van der Waals surface area contributed by atoms with E-state index in [4.69, 9.17) is 10.5 Å². The molecular weight excluding hydrogens is 266 g/mol. The number of nitrogen functional groups attached to an aromatic ring is 1. The molecule has 0 fully saturated rings. The van der Waals surface area contributed by atoms with E-state index in [-0.39, 0.29) is 0 Å². The SMILES string of the molecule is CCc1nc(NCCCCN(CC)CC)c(N)c(OC)n1. The zero-order chi connectivity index (χ0) is 15.7. The van der Waals surface area contributed by atoms with Crippen LogP contribution in [-0.4, -0.2) is 48.2 Å². The van der Waals surface area contributed by atoms with Gasteiger partial charge in [-0.2, -0.15) is 4.98 Å². The Labute approximate surface area is 128 Å². The number of aryl methyl sites for hydroxylation is 1. The van der Waals surface area contributed by atoms with Crippen molar-refractivity contribution in [2.75, 3.05) is 44.3 Å². The zero-order valence-corrected chi connectivity index (χ0v) is 13.8. The Hall–Kier alpha value is -1.56. The minimum Gasteiger partial charge on any atom is -0.479 e. The van der Waals surface area contributed by atoms with E-state index in [9.17, 15) is 0 Å². The third-order valence-electron chi connectivity index (χ3n) is 3.55. The Morgan fingerprint density at radius 2 is 1.86 bits per heavy atom. The molecule has 1 aromatic rings. The summed E-state index contributed by atoms with van der Waals surface area (Å²) in [6.07, 6.45) is 3.01. The molecule has 0 atom stereocenters. The van der Waals surface area contributed by atoms with Crippen LogP contribution in [0.25, 0.3) is 0 Å². The van der Waals surface area contributed by atoms with Crippen molar-refractivity contribution in [3.05, 3.63) is 5.82 Å². The molecule has 1 aromatic heterocycles. The second-order valence-corrected chi connectivity index (χ2v) is 4.93. The topological polar surface area (TPSA) is 76.3 Å². The summed E-state index contributed by atoms with van der Waals surface area (Å²) in [5.74, 6) is 1.88. The van der Waals surface area contributed by atoms with Crippen LogP contribution in [0.15, 0.2) is 0 Å². The standard InChI is InChI=1S/C15H29N5O/c1-5-12-18-14(13(16)15(19-12)21-4)17-10-8-9-11-20(6-2)7-3/h5-11,16H2,1-4H3,(H,17,18,19). The fraction of sp³-hybridized carbons (Fsp3) is 0.733. The van der Waals surface area contributed by atoms with Crippen molar-refractivity contribution in [3.8, 4) is 5.88 Å². The van der Waals surface area contributed by atoms with Gasteiger partial charge in [0.25, 0.3) is 0 Å². The number of nitrogens with zero attached hydrogens (tertiary/aromatic N) is 3. The molecule has 0 unspecified atom stereocenters. The lowest BCUT2D eigenvalue weighted by Crippen LogP contribution is -2.24. The fourth-order valence-electron chi connectivity index (χ4n) is 2.15. The quantitative estimate of drug-likeness (QED) is 0.644. The van der Waals surface area contributed by atoms with Gasteiger partial charge in [0.15, 0.2) is 5.82 Å². The predicted octanol–water partition coefficient (Wildman–Crippen LogP) is 2.16. The largest absolute Gasteiger partial charge is 0.479 e. The Kier molecular flexibility index (Phi) is 7.82. The molecule has 3 N–H and O–H groups in total. The van der Waals surface area contributed by atoms with Crippen LogP contribution in [0.2, 0.25) is 0 Å². The number of nitrogens with two attached hydrogens (primary N) is 1. The van der Waals surface area contributed by atoms with Crippen molar-refractivity contribution >= 4 is 11.5 Å². The van der Waals surface area contributed by atoms with Crippen LogP contribution in [-0.2, 0) is 6.42 Å². The van der Waals surface area contributed by atoms with Crippen molar-refractivity contribution < 1.29 is 4.74 Å². The first-order chi connectivity index (χ1) is 10.2. The molecule has 0 saturated carbocycles. The van der Waals surface area contributed by atoms with Gasteiger partial charge in [-0.05, 0) is 32.5 Å². The number of hydrogen-bond donors (Lipinski definition) is 2. The smallest absolute Gasteiger partial charge is 0.242 e. The summed E-state index contributed by atoms with van der Waals surface area (Å²) < 4.78 is 5.19. The number of ether oxygens (including phenoxy) is 1. The number of methoxy groups -OCH3 is 1. The summed E-state index contributed by atoms with van der Waals surface area (Å²) in [4.78, 5) is 11.1. The summed E-state index contributed by atoms with van der Waals surface area (Å²) in [5, 5.41) is 3.30. The maximum Gasteiger partial charge on any atom is 0.242 e. The van der Waals surface area contributed by atoms with E-state index in [1.807, 2.05) is 6.92 Å². The molecule has 6 nitrogen and oxygen atoms in total. The second kappa shape index (κ2) is 9.39. The normalized spacial score (nSPS) is 10.9. The summed E-state index contributed by atoms with van der Waals surface area (Å²) in [6.45, 7) is 10.6. The summed E-state index contributed by atoms with van der Waals surface area (Å²) in [7, 11) is 1.58. The van der Waals surface area contributed by atoms with Gasteiger partial charge in [0.05, 0.1) is 7.11 Å². The van der Waals surface area contributed by atoms with Gasteiger partial charge in [-0.1, -0.05) is 20.8 Å². The van der Waals surface area contributed by atoms with Crippen LogP contribution in [0.5, 0.6) is 5.88 Å². The first kappa shape index (κ1) is 17.5. The molecule has 0 bridgehead atoms. The van der Waals surface area contributed by atoms with Gasteiger partial charge in [0.2, 0.25) is 5.88 Å². The minimum absolute atomic E-state index is 0.451. The van der Waals surface area contributed by atoms with E-state index in [2.05, 4.69) is 34.0 Å². The number of rotatable bonds is 10. The van der Waals surface area contributed by atoms with Crippen molar-refractivity contribution in [1.82, 2.24) is 14.9 Å². The van der Waals surface area contributed by atoms with E-state index in [0.717, 1.165) is 51.3 Å². The number of unbranched alkanes of at least 4 members (excludes halogenated alkanes) is 1.